The van der Waals surface area contributed by atoms with Gasteiger partial charge in [0.25, 0.3) is 0 Å². The first-order valence-corrected chi connectivity index (χ1v) is 6.31. The van der Waals surface area contributed by atoms with E-state index in [1.807, 2.05) is 4.90 Å². The zero-order valence-electron chi connectivity index (χ0n) is 10.5. The molecule has 0 amide bonds. The minimum atomic E-state index is 0.0655. The zero-order chi connectivity index (χ0) is 13.1. The van der Waals surface area contributed by atoms with E-state index in [4.69, 9.17) is 16.3 Å². The molecule has 0 spiro atoms. The van der Waals surface area contributed by atoms with Crippen LogP contribution in [0.1, 0.15) is 19.8 Å². The van der Waals surface area contributed by atoms with Crippen LogP contribution in [0.4, 0.5) is 5.82 Å². The molecule has 1 atom stereocenters. The number of piperidine rings is 1. The minimum absolute atomic E-state index is 0.0655. The fourth-order valence-corrected chi connectivity index (χ4v) is 2.37. The maximum atomic E-state index is 11.5. The molecule has 5 nitrogen and oxygen atoms in total. The molecule has 2 heterocycles. The number of hydrogen-bond acceptors (Lipinski definition) is 5. The fraction of sp³-hybridized carbons (Fsp3) is 0.583. The molecule has 0 saturated carbocycles. The Morgan fingerprint density at radius 1 is 1.61 bits per heavy atom. The average Bonchev–Trinajstić information content (AvgIpc) is 2.39. The molecule has 1 unspecified atom stereocenters. The van der Waals surface area contributed by atoms with Gasteiger partial charge in [-0.1, -0.05) is 11.6 Å². The van der Waals surface area contributed by atoms with Crippen molar-refractivity contribution in [3.63, 3.8) is 0 Å². The van der Waals surface area contributed by atoms with Gasteiger partial charge in [-0.15, -0.1) is 0 Å². The highest BCUT2D eigenvalue weighted by Gasteiger charge is 2.25. The number of ether oxygens (including phenoxy) is 1. The minimum Gasteiger partial charge on any atom is -0.467 e. The van der Waals surface area contributed by atoms with Gasteiger partial charge in [-0.3, -0.25) is 4.79 Å². The van der Waals surface area contributed by atoms with Crippen molar-refractivity contribution >= 4 is 23.2 Å². The quantitative estimate of drug-likeness (QED) is 0.839. The van der Waals surface area contributed by atoms with E-state index < -0.39 is 0 Å². The second-order valence-corrected chi connectivity index (χ2v) is 4.83. The SMILES string of the molecule is COc1ncc(Cl)c(N2CCCC(C(C)=O)C2)n1. The molecular formula is C12H16ClN3O2. The van der Waals surface area contributed by atoms with Gasteiger partial charge in [0.15, 0.2) is 5.82 Å². The summed E-state index contributed by atoms with van der Waals surface area (Å²) in [5, 5.41) is 0.486. The first-order chi connectivity index (χ1) is 8.61. The van der Waals surface area contributed by atoms with Crippen LogP contribution in [0.5, 0.6) is 6.01 Å². The zero-order valence-corrected chi connectivity index (χ0v) is 11.3. The average molecular weight is 270 g/mol. The topological polar surface area (TPSA) is 55.3 Å². The van der Waals surface area contributed by atoms with Gasteiger partial charge in [0.05, 0.1) is 13.3 Å². The summed E-state index contributed by atoms with van der Waals surface area (Å²) < 4.78 is 5.00. The number of ketones is 1. The van der Waals surface area contributed by atoms with E-state index in [2.05, 4.69) is 9.97 Å². The number of rotatable bonds is 3. The number of methoxy groups -OCH3 is 1. The van der Waals surface area contributed by atoms with Gasteiger partial charge in [0.2, 0.25) is 0 Å². The Morgan fingerprint density at radius 3 is 3.06 bits per heavy atom. The summed E-state index contributed by atoms with van der Waals surface area (Å²) in [5.41, 5.74) is 0. The number of carbonyl (C=O) groups excluding carboxylic acids is 1. The summed E-state index contributed by atoms with van der Waals surface area (Å²) in [6.45, 7) is 3.15. The largest absolute Gasteiger partial charge is 0.467 e. The molecule has 0 bridgehead atoms. The molecule has 0 aromatic carbocycles. The lowest BCUT2D eigenvalue weighted by Crippen LogP contribution is -2.38. The molecular weight excluding hydrogens is 254 g/mol. The molecule has 2 rings (SSSR count). The molecule has 1 fully saturated rings. The third-order valence-corrected chi connectivity index (χ3v) is 3.45. The Bertz CT molecular complexity index is 453. The summed E-state index contributed by atoms with van der Waals surface area (Å²) in [4.78, 5) is 21.7. The molecule has 1 aromatic rings. The van der Waals surface area contributed by atoms with Crippen molar-refractivity contribution in [1.82, 2.24) is 9.97 Å². The third-order valence-electron chi connectivity index (χ3n) is 3.18. The molecule has 0 aliphatic carbocycles. The highest BCUT2D eigenvalue weighted by atomic mass is 35.5. The lowest BCUT2D eigenvalue weighted by atomic mass is 9.95. The van der Waals surface area contributed by atoms with E-state index in [1.54, 1.807) is 6.92 Å². The monoisotopic (exact) mass is 269 g/mol. The normalized spacial score (nSPS) is 19.7. The summed E-state index contributed by atoms with van der Waals surface area (Å²) in [7, 11) is 1.52. The van der Waals surface area contributed by atoms with E-state index in [1.165, 1.54) is 13.3 Å². The van der Waals surface area contributed by atoms with Gasteiger partial charge in [-0.2, -0.15) is 4.98 Å². The predicted octanol–water partition coefficient (Wildman–Crippen LogP) is 1.94. The summed E-state index contributed by atoms with van der Waals surface area (Å²) in [5.74, 6) is 0.932. The van der Waals surface area contributed by atoms with Gasteiger partial charge < -0.3 is 9.64 Å². The lowest BCUT2D eigenvalue weighted by Gasteiger charge is -2.32. The van der Waals surface area contributed by atoms with Gasteiger partial charge in [-0.25, -0.2) is 4.98 Å². The molecule has 1 aromatic heterocycles. The molecule has 0 N–H and O–H groups in total. The number of Topliss-reactive ketones (excluding diaryl/α,β-unsaturated/α-hetero) is 1. The Balaban J connectivity index is 2.22. The van der Waals surface area contributed by atoms with Crippen LogP contribution in [0.2, 0.25) is 5.02 Å². The first kappa shape index (κ1) is 13.1. The maximum absolute atomic E-state index is 11.5. The molecule has 1 saturated heterocycles. The van der Waals surface area contributed by atoms with E-state index in [-0.39, 0.29) is 11.7 Å². The van der Waals surface area contributed by atoms with Crippen molar-refractivity contribution in [2.75, 3.05) is 25.1 Å². The number of nitrogens with zero attached hydrogens (tertiary/aromatic N) is 3. The van der Waals surface area contributed by atoms with Crippen LogP contribution in [0, 0.1) is 5.92 Å². The van der Waals surface area contributed by atoms with Crippen molar-refractivity contribution in [2.24, 2.45) is 5.92 Å². The molecule has 0 radical (unpaired) electrons. The standard InChI is InChI=1S/C12H16ClN3O2/c1-8(17)9-4-3-5-16(7-9)11-10(13)6-14-12(15-11)18-2/h6,9H,3-5,7H2,1-2H3. The number of aromatic nitrogens is 2. The number of halogens is 1. The van der Waals surface area contributed by atoms with E-state index in [0.29, 0.717) is 23.4 Å². The van der Waals surface area contributed by atoms with Gasteiger partial charge in [0, 0.05) is 19.0 Å². The van der Waals surface area contributed by atoms with E-state index >= 15 is 0 Å². The predicted molar refractivity (Wildman–Crippen MR) is 69.2 cm³/mol. The highest BCUT2D eigenvalue weighted by molar-refractivity contribution is 6.32. The molecule has 1 aliphatic rings. The van der Waals surface area contributed by atoms with Crippen molar-refractivity contribution < 1.29 is 9.53 Å². The number of hydrogen-bond donors (Lipinski definition) is 0. The Labute approximate surface area is 111 Å². The van der Waals surface area contributed by atoms with Crippen LogP contribution in [-0.4, -0.2) is 36.0 Å². The maximum Gasteiger partial charge on any atom is 0.318 e. The van der Waals surface area contributed by atoms with Crippen molar-refractivity contribution in [3.05, 3.63) is 11.2 Å². The molecule has 18 heavy (non-hydrogen) atoms. The van der Waals surface area contributed by atoms with Crippen LogP contribution in [0.15, 0.2) is 6.20 Å². The number of carbonyl (C=O) groups is 1. The molecule has 6 heteroatoms. The summed E-state index contributed by atoms with van der Waals surface area (Å²) in [6, 6.07) is 0.291. The van der Waals surface area contributed by atoms with Crippen LogP contribution in [0.3, 0.4) is 0 Å². The van der Waals surface area contributed by atoms with Crippen LogP contribution in [-0.2, 0) is 4.79 Å². The smallest absolute Gasteiger partial charge is 0.318 e. The van der Waals surface area contributed by atoms with Crippen LogP contribution < -0.4 is 9.64 Å². The first-order valence-electron chi connectivity index (χ1n) is 5.93. The fourth-order valence-electron chi connectivity index (χ4n) is 2.16. The van der Waals surface area contributed by atoms with E-state index in [9.17, 15) is 4.79 Å². The Kier molecular flexibility index (Phi) is 4.01. The van der Waals surface area contributed by atoms with Crippen LogP contribution >= 0.6 is 11.6 Å². The molecule has 98 valence electrons. The second kappa shape index (κ2) is 5.52. The van der Waals surface area contributed by atoms with Gasteiger partial charge in [-0.05, 0) is 19.8 Å². The summed E-state index contributed by atoms with van der Waals surface area (Å²) >= 11 is 6.11. The Hall–Kier alpha value is -1.36. The van der Waals surface area contributed by atoms with E-state index in [0.717, 1.165) is 19.4 Å². The van der Waals surface area contributed by atoms with Gasteiger partial charge >= 0.3 is 6.01 Å². The van der Waals surface area contributed by atoms with Crippen molar-refractivity contribution in [2.45, 2.75) is 19.8 Å². The Morgan fingerprint density at radius 2 is 2.39 bits per heavy atom. The lowest BCUT2D eigenvalue weighted by molar-refractivity contribution is -0.120. The molecule has 1 aliphatic heterocycles. The van der Waals surface area contributed by atoms with Crippen LogP contribution in [0.25, 0.3) is 0 Å². The second-order valence-electron chi connectivity index (χ2n) is 4.42. The third kappa shape index (κ3) is 2.72. The summed E-state index contributed by atoms with van der Waals surface area (Å²) in [6.07, 6.45) is 3.43. The van der Waals surface area contributed by atoms with Crippen molar-refractivity contribution in [3.8, 4) is 6.01 Å². The number of anilines is 1. The van der Waals surface area contributed by atoms with Crippen molar-refractivity contribution in [1.29, 1.82) is 0 Å². The van der Waals surface area contributed by atoms with Gasteiger partial charge in [0.1, 0.15) is 10.8 Å². The highest BCUT2D eigenvalue weighted by Crippen LogP contribution is 2.28.